The molecule has 16 heavy (non-hydrogen) atoms. The van der Waals surface area contributed by atoms with E-state index >= 15 is 0 Å². The Kier molecular flexibility index (Phi) is 3.73. The van der Waals surface area contributed by atoms with Crippen LogP contribution in [0, 0.1) is 0 Å². The Morgan fingerprint density at radius 3 is 3.06 bits per heavy atom. The molecule has 1 aromatic carbocycles. The van der Waals surface area contributed by atoms with Gasteiger partial charge in [-0.15, -0.1) is 0 Å². The van der Waals surface area contributed by atoms with Gasteiger partial charge >= 0.3 is 0 Å². The van der Waals surface area contributed by atoms with Crippen LogP contribution in [0.25, 0.3) is 0 Å². The standard InChI is InChI=1S/C14H19NO/c1-2-3-4-14(16)12-6-5-11-7-8-15-10-13(11)9-12/h5-6,9,15H,2-4,7-8,10H2,1H3. The van der Waals surface area contributed by atoms with Gasteiger partial charge in [-0.1, -0.05) is 25.5 Å². The Bertz CT molecular complexity index is 384. The highest BCUT2D eigenvalue weighted by atomic mass is 16.1. The van der Waals surface area contributed by atoms with Gasteiger partial charge < -0.3 is 5.32 Å². The number of fused-ring (bicyclic) bond motifs is 1. The highest BCUT2D eigenvalue weighted by molar-refractivity contribution is 5.96. The molecule has 2 nitrogen and oxygen atoms in total. The summed E-state index contributed by atoms with van der Waals surface area (Å²) in [6.45, 7) is 4.07. The maximum absolute atomic E-state index is 11.9. The molecule has 0 amide bonds. The van der Waals surface area contributed by atoms with Crippen molar-refractivity contribution in [1.29, 1.82) is 0 Å². The second-order valence-electron chi connectivity index (χ2n) is 4.44. The lowest BCUT2D eigenvalue weighted by molar-refractivity contribution is 0.0979. The van der Waals surface area contributed by atoms with Crippen molar-refractivity contribution in [2.45, 2.75) is 39.2 Å². The minimum atomic E-state index is 0.287. The Morgan fingerprint density at radius 1 is 1.38 bits per heavy atom. The second kappa shape index (κ2) is 5.26. The fourth-order valence-corrected chi connectivity index (χ4v) is 2.14. The summed E-state index contributed by atoms with van der Waals surface area (Å²) in [4.78, 5) is 11.9. The van der Waals surface area contributed by atoms with E-state index in [1.807, 2.05) is 6.07 Å². The molecular weight excluding hydrogens is 198 g/mol. The lowest BCUT2D eigenvalue weighted by Crippen LogP contribution is -2.23. The first kappa shape index (κ1) is 11.3. The van der Waals surface area contributed by atoms with E-state index in [0.717, 1.165) is 37.9 Å². The van der Waals surface area contributed by atoms with Gasteiger partial charge in [-0.25, -0.2) is 0 Å². The summed E-state index contributed by atoms with van der Waals surface area (Å²) in [5.41, 5.74) is 3.58. The normalized spacial score (nSPS) is 14.6. The number of hydrogen-bond donors (Lipinski definition) is 1. The van der Waals surface area contributed by atoms with Crippen LogP contribution < -0.4 is 5.32 Å². The fraction of sp³-hybridized carbons (Fsp3) is 0.500. The van der Waals surface area contributed by atoms with Gasteiger partial charge in [0.2, 0.25) is 0 Å². The molecular formula is C14H19NO. The van der Waals surface area contributed by atoms with E-state index in [9.17, 15) is 4.79 Å². The van der Waals surface area contributed by atoms with E-state index in [4.69, 9.17) is 0 Å². The maximum Gasteiger partial charge on any atom is 0.162 e. The van der Waals surface area contributed by atoms with Gasteiger partial charge in [0.25, 0.3) is 0 Å². The van der Waals surface area contributed by atoms with Crippen molar-refractivity contribution in [3.05, 3.63) is 34.9 Å². The minimum Gasteiger partial charge on any atom is -0.312 e. The van der Waals surface area contributed by atoms with Crippen LogP contribution in [-0.2, 0) is 13.0 Å². The number of carbonyl (C=O) groups is 1. The first-order chi connectivity index (χ1) is 7.81. The van der Waals surface area contributed by atoms with Crippen LogP contribution in [0.5, 0.6) is 0 Å². The molecule has 2 rings (SSSR count). The topological polar surface area (TPSA) is 29.1 Å². The summed E-state index contributed by atoms with van der Waals surface area (Å²) >= 11 is 0. The Balaban J connectivity index is 2.13. The number of benzene rings is 1. The highest BCUT2D eigenvalue weighted by Crippen LogP contribution is 2.17. The third-order valence-electron chi connectivity index (χ3n) is 3.17. The molecule has 0 saturated carbocycles. The molecule has 0 saturated heterocycles. The molecule has 1 aliphatic rings. The van der Waals surface area contributed by atoms with Crippen LogP contribution in [-0.4, -0.2) is 12.3 Å². The summed E-state index contributed by atoms with van der Waals surface area (Å²) in [6, 6.07) is 6.18. The zero-order chi connectivity index (χ0) is 11.4. The number of carbonyl (C=O) groups excluding carboxylic acids is 1. The smallest absolute Gasteiger partial charge is 0.162 e. The Hall–Kier alpha value is -1.15. The van der Waals surface area contributed by atoms with Crippen LogP contribution in [0.3, 0.4) is 0 Å². The molecule has 1 N–H and O–H groups in total. The molecule has 0 aromatic heterocycles. The summed E-state index contributed by atoms with van der Waals surface area (Å²) in [7, 11) is 0. The van der Waals surface area contributed by atoms with E-state index in [0.29, 0.717) is 6.42 Å². The third-order valence-corrected chi connectivity index (χ3v) is 3.17. The van der Waals surface area contributed by atoms with Crippen LogP contribution in [0.4, 0.5) is 0 Å². The average Bonchev–Trinajstić information content (AvgIpc) is 2.35. The number of Topliss-reactive ketones (excluding diaryl/α,β-unsaturated/α-hetero) is 1. The Morgan fingerprint density at radius 2 is 2.25 bits per heavy atom. The van der Waals surface area contributed by atoms with E-state index in [-0.39, 0.29) is 5.78 Å². The van der Waals surface area contributed by atoms with Crippen molar-refractivity contribution in [3.63, 3.8) is 0 Å². The van der Waals surface area contributed by atoms with Gasteiger partial charge in [0, 0.05) is 18.5 Å². The predicted octanol–water partition coefficient (Wildman–Crippen LogP) is 2.71. The van der Waals surface area contributed by atoms with Crippen molar-refractivity contribution in [2.75, 3.05) is 6.54 Å². The van der Waals surface area contributed by atoms with Crippen molar-refractivity contribution in [2.24, 2.45) is 0 Å². The average molecular weight is 217 g/mol. The monoisotopic (exact) mass is 217 g/mol. The van der Waals surface area contributed by atoms with Crippen LogP contribution >= 0.6 is 0 Å². The maximum atomic E-state index is 11.9. The molecule has 0 bridgehead atoms. The number of nitrogens with one attached hydrogen (secondary N) is 1. The van der Waals surface area contributed by atoms with Crippen LogP contribution in [0.1, 0.15) is 47.7 Å². The number of rotatable bonds is 4. The molecule has 1 heterocycles. The summed E-state index contributed by atoms with van der Waals surface area (Å²) in [5.74, 6) is 0.287. The predicted molar refractivity (Wildman–Crippen MR) is 65.7 cm³/mol. The van der Waals surface area contributed by atoms with Gasteiger partial charge in [-0.3, -0.25) is 4.79 Å². The van der Waals surface area contributed by atoms with E-state index < -0.39 is 0 Å². The highest BCUT2D eigenvalue weighted by Gasteiger charge is 2.11. The summed E-state index contributed by atoms with van der Waals surface area (Å²) in [5, 5.41) is 3.34. The molecule has 0 unspecified atom stereocenters. The van der Waals surface area contributed by atoms with Crippen molar-refractivity contribution >= 4 is 5.78 Å². The lowest BCUT2D eigenvalue weighted by Gasteiger charge is -2.17. The van der Waals surface area contributed by atoms with Crippen molar-refractivity contribution in [1.82, 2.24) is 5.32 Å². The largest absolute Gasteiger partial charge is 0.312 e. The molecule has 0 atom stereocenters. The van der Waals surface area contributed by atoms with Gasteiger partial charge in [0.1, 0.15) is 0 Å². The molecule has 86 valence electrons. The van der Waals surface area contributed by atoms with Gasteiger partial charge in [-0.2, -0.15) is 0 Å². The summed E-state index contributed by atoms with van der Waals surface area (Å²) in [6.07, 6.45) is 3.84. The lowest BCUT2D eigenvalue weighted by atomic mass is 9.96. The zero-order valence-corrected chi connectivity index (χ0v) is 9.88. The molecule has 0 aliphatic carbocycles. The number of unbranched alkanes of at least 4 members (excludes halogenated alkanes) is 1. The number of ketones is 1. The van der Waals surface area contributed by atoms with Crippen molar-refractivity contribution < 1.29 is 4.79 Å². The molecule has 1 aromatic rings. The molecule has 1 aliphatic heterocycles. The Labute approximate surface area is 97.1 Å². The first-order valence-corrected chi connectivity index (χ1v) is 6.17. The van der Waals surface area contributed by atoms with Crippen LogP contribution in [0.2, 0.25) is 0 Å². The first-order valence-electron chi connectivity index (χ1n) is 6.17. The quantitative estimate of drug-likeness (QED) is 0.786. The minimum absolute atomic E-state index is 0.287. The fourth-order valence-electron chi connectivity index (χ4n) is 2.14. The molecule has 0 fully saturated rings. The van der Waals surface area contributed by atoms with Crippen LogP contribution in [0.15, 0.2) is 18.2 Å². The van der Waals surface area contributed by atoms with E-state index in [1.54, 1.807) is 0 Å². The van der Waals surface area contributed by atoms with Gasteiger partial charge in [-0.05, 0) is 36.6 Å². The van der Waals surface area contributed by atoms with Gasteiger partial charge in [0.05, 0.1) is 0 Å². The van der Waals surface area contributed by atoms with Crippen molar-refractivity contribution in [3.8, 4) is 0 Å². The SMILES string of the molecule is CCCCC(=O)c1ccc2c(c1)CNCC2. The third kappa shape index (κ3) is 2.50. The van der Waals surface area contributed by atoms with E-state index in [2.05, 4.69) is 24.4 Å². The second-order valence-corrected chi connectivity index (χ2v) is 4.44. The van der Waals surface area contributed by atoms with E-state index in [1.165, 1.54) is 11.1 Å². The molecule has 0 spiro atoms. The summed E-state index contributed by atoms with van der Waals surface area (Å²) < 4.78 is 0. The molecule has 0 radical (unpaired) electrons. The number of hydrogen-bond acceptors (Lipinski definition) is 2. The zero-order valence-electron chi connectivity index (χ0n) is 9.88. The van der Waals surface area contributed by atoms with Gasteiger partial charge in [0.15, 0.2) is 5.78 Å². The molecule has 2 heteroatoms.